The van der Waals surface area contributed by atoms with Gasteiger partial charge in [-0.3, -0.25) is 11.1 Å². The molecule has 0 fully saturated rings. The Morgan fingerprint density at radius 2 is 2.00 bits per heavy atom. The Labute approximate surface area is 50.6 Å². The average Bonchev–Trinajstić information content (AvgIpc) is 1.66. The third-order valence-corrected chi connectivity index (χ3v) is 1.03. The average molecular weight is 113 g/mol. The van der Waals surface area contributed by atoms with Crippen LogP contribution in [0.1, 0.15) is 32.6 Å². The second-order valence-corrected chi connectivity index (χ2v) is 1.94. The van der Waals surface area contributed by atoms with Gasteiger partial charge in [-0.1, -0.05) is 19.8 Å². The van der Waals surface area contributed by atoms with Crippen LogP contribution in [0.3, 0.4) is 0 Å². The van der Waals surface area contributed by atoms with Crippen molar-refractivity contribution in [2.75, 3.05) is 0 Å². The van der Waals surface area contributed by atoms with Crippen molar-refractivity contribution in [1.82, 2.24) is 5.73 Å². The van der Waals surface area contributed by atoms with Gasteiger partial charge in [-0.15, -0.1) is 0 Å². The van der Waals surface area contributed by atoms with E-state index in [1.165, 1.54) is 6.42 Å². The Balaban J connectivity index is 2.82. The minimum absolute atomic E-state index is 0.0680. The van der Waals surface area contributed by atoms with Crippen molar-refractivity contribution in [2.45, 2.75) is 32.6 Å². The second-order valence-electron chi connectivity index (χ2n) is 1.94. The predicted octanol–water partition coefficient (Wildman–Crippen LogP) is 1.83. The van der Waals surface area contributed by atoms with E-state index in [1.807, 2.05) is 0 Å². The summed E-state index contributed by atoms with van der Waals surface area (Å²) in [7, 11) is 0. The molecule has 0 heterocycles. The van der Waals surface area contributed by atoms with Crippen molar-refractivity contribution >= 4 is 5.84 Å². The fourth-order valence-corrected chi connectivity index (χ4v) is 0.552. The third-order valence-electron chi connectivity index (χ3n) is 1.03. The van der Waals surface area contributed by atoms with Gasteiger partial charge in [0.2, 0.25) is 0 Å². The lowest BCUT2D eigenvalue weighted by Gasteiger charge is -1.92. The van der Waals surface area contributed by atoms with Crippen LogP contribution >= 0.6 is 0 Å². The predicted molar refractivity (Wildman–Crippen MR) is 35.0 cm³/mol. The molecular formula is C6H13N2. The van der Waals surface area contributed by atoms with Crippen LogP contribution in [0.5, 0.6) is 0 Å². The lowest BCUT2D eigenvalue weighted by molar-refractivity contribution is 0.738. The van der Waals surface area contributed by atoms with Gasteiger partial charge in [-0.25, -0.2) is 0 Å². The summed E-state index contributed by atoms with van der Waals surface area (Å²) in [6.45, 7) is 2.12. The smallest absolute Gasteiger partial charge is 0.112 e. The molecule has 0 amide bonds. The molecule has 0 bridgehead atoms. The first-order valence-corrected chi connectivity index (χ1v) is 3.06. The fourth-order valence-electron chi connectivity index (χ4n) is 0.552. The minimum atomic E-state index is 0.0680. The van der Waals surface area contributed by atoms with Crippen molar-refractivity contribution in [3.05, 3.63) is 0 Å². The van der Waals surface area contributed by atoms with Crippen LogP contribution in [-0.2, 0) is 0 Å². The zero-order valence-electron chi connectivity index (χ0n) is 5.33. The molecule has 0 aromatic heterocycles. The van der Waals surface area contributed by atoms with E-state index < -0.39 is 0 Å². The molecule has 2 nitrogen and oxygen atoms in total. The first kappa shape index (κ1) is 7.47. The van der Waals surface area contributed by atoms with E-state index in [0.29, 0.717) is 6.42 Å². The van der Waals surface area contributed by atoms with Crippen molar-refractivity contribution in [3.8, 4) is 0 Å². The van der Waals surface area contributed by atoms with E-state index in [1.54, 1.807) is 0 Å². The highest BCUT2D eigenvalue weighted by atomic mass is 14.7. The van der Waals surface area contributed by atoms with Gasteiger partial charge in [0.15, 0.2) is 0 Å². The van der Waals surface area contributed by atoms with Gasteiger partial charge >= 0.3 is 0 Å². The molecule has 0 aliphatic carbocycles. The Kier molecular flexibility index (Phi) is 4.32. The topological polar surface area (TPSA) is 47.7 Å². The molecule has 47 valence electrons. The molecule has 2 N–H and O–H groups in total. The Morgan fingerprint density at radius 1 is 1.38 bits per heavy atom. The number of hydrogen-bond acceptors (Lipinski definition) is 1. The van der Waals surface area contributed by atoms with Gasteiger partial charge in [0.05, 0.1) is 0 Å². The van der Waals surface area contributed by atoms with Crippen molar-refractivity contribution < 1.29 is 0 Å². The van der Waals surface area contributed by atoms with Gasteiger partial charge in [0, 0.05) is 6.42 Å². The number of unbranched alkanes of at least 4 members (excludes halogenated alkanes) is 2. The number of nitrogens with one attached hydrogen (secondary N) is 2. The molecule has 0 aliphatic rings. The SMILES string of the molecule is CCCCCC([NH])=N. The van der Waals surface area contributed by atoms with Crippen LogP contribution in [0.2, 0.25) is 0 Å². The van der Waals surface area contributed by atoms with E-state index in [4.69, 9.17) is 11.1 Å². The summed E-state index contributed by atoms with van der Waals surface area (Å²) < 4.78 is 0. The van der Waals surface area contributed by atoms with Gasteiger partial charge in [-0.2, -0.15) is 0 Å². The van der Waals surface area contributed by atoms with Crippen LogP contribution < -0.4 is 5.73 Å². The number of amidine groups is 1. The van der Waals surface area contributed by atoms with Gasteiger partial charge < -0.3 is 0 Å². The van der Waals surface area contributed by atoms with Crippen LogP contribution in [0, 0.1) is 5.41 Å². The summed E-state index contributed by atoms with van der Waals surface area (Å²) in [4.78, 5) is 0. The molecule has 0 aromatic carbocycles. The molecule has 1 radical (unpaired) electrons. The zero-order valence-corrected chi connectivity index (χ0v) is 5.33. The minimum Gasteiger partial charge on any atom is -0.287 e. The van der Waals surface area contributed by atoms with Gasteiger partial charge in [-0.05, 0) is 6.42 Å². The summed E-state index contributed by atoms with van der Waals surface area (Å²) in [5, 5.41) is 6.74. The molecule has 0 aromatic rings. The third kappa shape index (κ3) is 5.47. The summed E-state index contributed by atoms with van der Waals surface area (Å²) in [5.74, 6) is 0.0680. The first-order chi connectivity index (χ1) is 3.77. The van der Waals surface area contributed by atoms with Crippen LogP contribution in [0.15, 0.2) is 0 Å². The van der Waals surface area contributed by atoms with Gasteiger partial charge in [0.1, 0.15) is 5.84 Å². The maximum atomic E-state index is 6.74. The van der Waals surface area contributed by atoms with Crippen molar-refractivity contribution in [2.24, 2.45) is 0 Å². The Bertz CT molecular complexity index is 68.9. The standard InChI is InChI=1S/C6H13N2/c1-2-3-4-5-6(7)8/h7-8H,2-5H2,1H3. The first-order valence-electron chi connectivity index (χ1n) is 3.06. The summed E-state index contributed by atoms with van der Waals surface area (Å²) in [5.41, 5.74) is 6.74. The maximum Gasteiger partial charge on any atom is 0.112 e. The largest absolute Gasteiger partial charge is 0.287 e. The van der Waals surface area contributed by atoms with Gasteiger partial charge in [0.25, 0.3) is 0 Å². The highest BCUT2D eigenvalue weighted by molar-refractivity contribution is 5.75. The number of hydrogen-bond donors (Lipinski definition) is 1. The van der Waals surface area contributed by atoms with E-state index in [0.717, 1.165) is 12.8 Å². The molecule has 0 rings (SSSR count). The normalized spacial score (nSPS) is 9.12. The Morgan fingerprint density at radius 3 is 2.38 bits per heavy atom. The van der Waals surface area contributed by atoms with E-state index >= 15 is 0 Å². The van der Waals surface area contributed by atoms with E-state index in [2.05, 4.69) is 6.92 Å². The van der Waals surface area contributed by atoms with Crippen molar-refractivity contribution in [3.63, 3.8) is 0 Å². The molecule has 0 spiro atoms. The molecule has 0 atom stereocenters. The molecule has 0 saturated heterocycles. The van der Waals surface area contributed by atoms with Crippen LogP contribution in [0.25, 0.3) is 0 Å². The molecule has 0 unspecified atom stereocenters. The summed E-state index contributed by atoms with van der Waals surface area (Å²) >= 11 is 0. The van der Waals surface area contributed by atoms with Crippen molar-refractivity contribution in [1.29, 1.82) is 5.41 Å². The molecule has 0 saturated carbocycles. The lowest BCUT2D eigenvalue weighted by atomic mass is 10.2. The lowest BCUT2D eigenvalue weighted by Crippen LogP contribution is -1.94. The van der Waals surface area contributed by atoms with E-state index in [-0.39, 0.29) is 5.84 Å². The second kappa shape index (κ2) is 4.62. The Hall–Kier alpha value is -0.530. The van der Waals surface area contributed by atoms with Crippen LogP contribution in [-0.4, -0.2) is 5.84 Å². The fraction of sp³-hybridized carbons (Fsp3) is 0.833. The molecule has 2 heteroatoms. The highest BCUT2D eigenvalue weighted by Crippen LogP contribution is 1.97. The zero-order chi connectivity index (χ0) is 6.41. The van der Waals surface area contributed by atoms with E-state index in [9.17, 15) is 0 Å². The quantitative estimate of drug-likeness (QED) is 0.328. The molecule has 0 aliphatic heterocycles. The van der Waals surface area contributed by atoms with Crippen LogP contribution in [0.4, 0.5) is 0 Å². The maximum absolute atomic E-state index is 6.74. The summed E-state index contributed by atoms with van der Waals surface area (Å²) in [6, 6.07) is 0. The number of rotatable bonds is 4. The summed E-state index contributed by atoms with van der Waals surface area (Å²) in [6.07, 6.45) is 4.00. The monoisotopic (exact) mass is 113 g/mol. The molecule has 8 heavy (non-hydrogen) atoms. The molecular weight excluding hydrogens is 100 g/mol. The highest BCUT2D eigenvalue weighted by Gasteiger charge is 1.87.